The minimum absolute atomic E-state index is 0.0237. The number of methoxy groups -OCH3 is 1. The third-order valence-corrected chi connectivity index (χ3v) is 8.14. The molecule has 1 aliphatic heterocycles. The number of fused-ring (bicyclic) bond motifs is 2. The Morgan fingerprint density at radius 3 is 2.46 bits per heavy atom. The highest BCUT2D eigenvalue weighted by molar-refractivity contribution is 7.89. The lowest BCUT2D eigenvalue weighted by atomic mass is 9.96. The van der Waals surface area contributed by atoms with Crippen LogP contribution in [0.15, 0.2) is 23.1 Å². The molecule has 2 aliphatic carbocycles. The first-order chi connectivity index (χ1) is 13.5. The summed E-state index contributed by atoms with van der Waals surface area (Å²) < 4.78 is 34.3. The van der Waals surface area contributed by atoms with E-state index in [0.29, 0.717) is 36.2 Å². The fourth-order valence-electron chi connectivity index (χ4n) is 5.12. The van der Waals surface area contributed by atoms with Gasteiger partial charge in [0.1, 0.15) is 5.75 Å². The van der Waals surface area contributed by atoms with Crippen molar-refractivity contribution in [1.82, 2.24) is 9.62 Å². The average molecular weight is 407 g/mol. The Balaban J connectivity index is 1.57. The summed E-state index contributed by atoms with van der Waals surface area (Å²) in [6.07, 6.45) is 8.62. The summed E-state index contributed by atoms with van der Waals surface area (Å²) in [6.45, 7) is 1.42. The van der Waals surface area contributed by atoms with Gasteiger partial charge in [-0.15, -0.1) is 0 Å². The van der Waals surface area contributed by atoms with E-state index in [4.69, 9.17) is 4.74 Å². The number of benzene rings is 1. The van der Waals surface area contributed by atoms with Crippen molar-refractivity contribution < 1.29 is 17.9 Å². The predicted molar refractivity (Wildman–Crippen MR) is 107 cm³/mol. The molecule has 4 rings (SSSR count). The van der Waals surface area contributed by atoms with E-state index in [0.717, 1.165) is 44.9 Å². The molecule has 2 bridgehead atoms. The largest absolute Gasteiger partial charge is 0.496 e. The Labute approximate surface area is 167 Å². The van der Waals surface area contributed by atoms with Crippen molar-refractivity contribution in [2.45, 2.75) is 62.3 Å². The van der Waals surface area contributed by atoms with Gasteiger partial charge in [-0.2, -0.15) is 0 Å². The zero-order valence-electron chi connectivity index (χ0n) is 16.5. The molecule has 1 heterocycles. The van der Waals surface area contributed by atoms with E-state index in [1.165, 1.54) is 25.7 Å². The monoisotopic (exact) mass is 406 g/mol. The Morgan fingerprint density at radius 2 is 1.86 bits per heavy atom. The van der Waals surface area contributed by atoms with Crippen molar-refractivity contribution >= 4 is 15.9 Å². The standard InChI is InChI=1S/C21H30N2O4S/c1-27-20-9-8-17(14-18(20)21(24)23-10-4-2-3-5-11-23)28(25,26)22-19-13-15-6-7-16(19)12-15/h8-9,14-16,19,22H,2-7,10-13H2,1H3. The number of carbonyl (C=O) groups excluding carboxylic acids is 1. The highest BCUT2D eigenvalue weighted by Crippen LogP contribution is 2.44. The summed E-state index contributed by atoms with van der Waals surface area (Å²) >= 11 is 0. The van der Waals surface area contributed by atoms with E-state index in [9.17, 15) is 13.2 Å². The van der Waals surface area contributed by atoms with Crippen molar-refractivity contribution in [3.05, 3.63) is 23.8 Å². The molecule has 28 heavy (non-hydrogen) atoms. The molecule has 0 radical (unpaired) electrons. The van der Waals surface area contributed by atoms with Crippen molar-refractivity contribution in [2.75, 3.05) is 20.2 Å². The molecule has 0 aromatic heterocycles. The van der Waals surface area contributed by atoms with Gasteiger partial charge in [0.25, 0.3) is 5.91 Å². The molecule has 154 valence electrons. The highest BCUT2D eigenvalue weighted by Gasteiger charge is 2.41. The fourth-order valence-corrected chi connectivity index (χ4v) is 6.47. The number of rotatable bonds is 5. The van der Waals surface area contributed by atoms with Crippen LogP contribution >= 0.6 is 0 Å². The Kier molecular flexibility index (Phi) is 5.65. The molecular formula is C21H30N2O4S. The van der Waals surface area contributed by atoms with Gasteiger partial charge in [0.05, 0.1) is 17.6 Å². The second-order valence-corrected chi connectivity index (χ2v) is 10.2. The van der Waals surface area contributed by atoms with E-state index >= 15 is 0 Å². The van der Waals surface area contributed by atoms with Gasteiger partial charge in [-0.3, -0.25) is 4.79 Å². The van der Waals surface area contributed by atoms with Gasteiger partial charge in [0.15, 0.2) is 0 Å². The molecule has 1 amide bonds. The second-order valence-electron chi connectivity index (χ2n) is 8.47. The zero-order chi connectivity index (χ0) is 19.7. The fraction of sp³-hybridized carbons (Fsp3) is 0.667. The number of hydrogen-bond acceptors (Lipinski definition) is 4. The molecule has 3 fully saturated rings. The van der Waals surface area contributed by atoms with Crippen LogP contribution in [0.25, 0.3) is 0 Å². The minimum Gasteiger partial charge on any atom is -0.496 e. The normalized spacial score (nSPS) is 27.6. The van der Waals surface area contributed by atoms with E-state index in [2.05, 4.69) is 4.72 Å². The number of amides is 1. The molecule has 7 heteroatoms. The van der Waals surface area contributed by atoms with Crippen LogP contribution in [0, 0.1) is 11.8 Å². The third kappa shape index (κ3) is 3.92. The summed E-state index contributed by atoms with van der Waals surface area (Å²) in [5, 5.41) is 0. The van der Waals surface area contributed by atoms with Crippen LogP contribution in [0.5, 0.6) is 5.75 Å². The first kappa shape index (κ1) is 19.7. The zero-order valence-corrected chi connectivity index (χ0v) is 17.3. The van der Waals surface area contributed by atoms with Crippen molar-refractivity contribution in [2.24, 2.45) is 11.8 Å². The van der Waals surface area contributed by atoms with Gasteiger partial charge in [-0.1, -0.05) is 19.3 Å². The maximum atomic E-state index is 13.1. The Morgan fingerprint density at radius 1 is 1.11 bits per heavy atom. The number of nitrogens with zero attached hydrogens (tertiary/aromatic N) is 1. The topological polar surface area (TPSA) is 75.7 Å². The van der Waals surface area contributed by atoms with Crippen LogP contribution in [0.1, 0.15) is 61.7 Å². The highest BCUT2D eigenvalue weighted by atomic mass is 32.2. The molecule has 1 aromatic rings. The van der Waals surface area contributed by atoms with Crippen LogP contribution in [0.3, 0.4) is 0 Å². The van der Waals surface area contributed by atoms with Gasteiger partial charge in [0, 0.05) is 19.1 Å². The summed E-state index contributed by atoms with van der Waals surface area (Å²) in [7, 11) is -2.15. The Bertz CT molecular complexity index is 831. The number of sulfonamides is 1. The number of carbonyl (C=O) groups is 1. The number of hydrogen-bond donors (Lipinski definition) is 1. The molecule has 2 saturated carbocycles. The van der Waals surface area contributed by atoms with Crippen molar-refractivity contribution in [3.63, 3.8) is 0 Å². The first-order valence-corrected chi connectivity index (χ1v) is 12.0. The first-order valence-electron chi connectivity index (χ1n) is 10.5. The summed E-state index contributed by atoms with van der Waals surface area (Å²) in [5.74, 6) is 1.40. The Hall–Kier alpha value is -1.60. The van der Waals surface area contributed by atoms with Crippen molar-refractivity contribution in [3.8, 4) is 5.75 Å². The van der Waals surface area contributed by atoms with Gasteiger partial charge >= 0.3 is 0 Å². The number of nitrogens with one attached hydrogen (secondary N) is 1. The van der Waals surface area contributed by atoms with Crippen molar-refractivity contribution in [1.29, 1.82) is 0 Å². The van der Waals surface area contributed by atoms with Crippen LogP contribution in [-0.2, 0) is 10.0 Å². The van der Waals surface area contributed by atoms with E-state index in [1.807, 2.05) is 4.90 Å². The molecule has 0 spiro atoms. The summed E-state index contributed by atoms with van der Waals surface area (Å²) in [5.41, 5.74) is 0.334. The minimum atomic E-state index is -3.66. The van der Waals surface area contributed by atoms with Crippen LogP contribution < -0.4 is 9.46 Å². The van der Waals surface area contributed by atoms with Gasteiger partial charge in [-0.05, 0) is 62.1 Å². The molecule has 1 N–H and O–H groups in total. The average Bonchev–Trinajstić information content (AvgIpc) is 3.19. The van der Waals surface area contributed by atoms with Crippen LogP contribution in [0.4, 0.5) is 0 Å². The third-order valence-electron chi connectivity index (χ3n) is 6.65. The van der Waals surface area contributed by atoms with Gasteiger partial charge in [0.2, 0.25) is 10.0 Å². The number of likely N-dealkylation sites (tertiary alicyclic amines) is 1. The molecular weight excluding hydrogens is 376 g/mol. The van der Waals surface area contributed by atoms with E-state index < -0.39 is 10.0 Å². The molecule has 3 aliphatic rings. The van der Waals surface area contributed by atoms with Crippen LogP contribution in [0.2, 0.25) is 0 Å². The molecule has 1 aromatic carbocycles. The summed E-state index contributed by atoms with van der Waals surface area (Å²) in [4.78, 5) is 15.1. The lowest BCUT2D eigenvalue weighted by Crippen LogP contribution is -2.38. The second kappa shape index (κ2) is 8.03. The smallest absolute Gasteiger partial charge is 0.257 e. The molecule has 6 nitrogen and oxygen atoms in total. The lowest BCUT2D eigenvalue weighted by Gasteiger charge is -2.24. The SMILES string of the molecule is COc1ccc(S(=O)(=O)NC2CC3CCC2C3)cc1C(=O)N1CCCCCC1. The maximum Gasteiger partial charge on any atom is 0.257 e. The molecule has 1 saturated heterocycles. The van der Waals surface area contributed by atoms with Gasteiger partial charge in [-0.25, -0.2) is 13.1 Å². The maximum absolute atomic E-state index is 13.1. The van der Waals surface area contributed by atoms with Gasteiger partial charge < -0.3 is 9.64 Å². The predicted octanol–water partition coefficient (Wildman–Crippen LogP) is 3.18. The van der Waals surface area contributed by atoms with E-state index in [1.54, 1.807) is 6.07 Å². The van der Waals surface area contributed by atoms with E-state index in [-0.39, 0.29) is 16.8 Å². The lowest BCUT2D eigenvalue weighted by molar-refractivity contribution is 0.0758. The quantitative estimate of drug-likeness (QED) is 0.815. The number of ether oxygens (including phenoxy) is 1. The molecule has 3 unspecified atom stereocenters. The summed E-state index contributed by atoms with van der Waals surface area (Å²) in [6, 6.07) is 4.64. The van der Waals surface area contributed by atoms with Crippen LogP contribution in [-0.4, -0.2) is 45.5 Å². The molecule has 3 atom stereocenters.